The van der Waals surface area contributed by atoms with E-state index in [1.807, 2.05) is 13.8 Å². The average molecular weight is 505 g/mol. The van der Waals surface area contributed by atoms with Crippen molar-refractivity contribution in [3.8, 4) is 0 Å². The number of ether oxygens (including phenoxy) is 2. The molecule has 2 unspecified atom stereocenters. The topological polar surface area (TPSA) is 96.4 Å². The van der Waals surface area contributed by atoms with Gasteiger partial charge in [0.05, 0.1) is 37.2 Å². The molecule has 8 heteroatoms. The lowest BCUT2D eigenvalue weighted by Crippen LogP contribution is -2.59. The van der Waals surface area contributed by atoms with E-state index < -0.39 is 41.6 Å². The van der Waals surface area contributed by atoms with Gasteiger partial charge in [-0.3, -0.25) is 14.4 Å². The van der Waals surface area contributed by atoms with Gasteiger partial charge in [-0.1, -0.05) is 45.8 Å². The number of unbranched alkanes of at least 4 members (excludes halogenated alkanes) is 2. The van der Waals surface area contributed by atoms with E-state index in [0.717, 1.165) is 19.3 Å². The minimum atomic E-state index is -1.09. The van der Waals surface area contributed by atoms with Crippen LogP contribution < -0.4 is 0 Å². The zero-order valence-electron chi connectivity index (χ0n) is 22.2. The summed E-state index contributed by atoms with van der Waals surface area (Å²) in [6.45, 7) is 14.5. The van der Waals surface area contributed by atoms with Gasteiger partial charge >= 0.3 is 5.97 Å². The second-order valence-electron chi connectivity index (χ2n) is 10.8. The molecule has 0 aromatic rings. The second-order valence-corrected chi connectivity index (χ2v) is 10.8. The van der Waals surface area contributed by atoms with E-state index in [0.29, 0.717) is 38.8 Å². The molecule has 3 rings (SSSR count). The maximum absolute atomic E-state index is 14.2. The first kappa shape index (κ1) is 28.4. The number of nitrogens with zero attached hydrogens (tertiary/aromatic N) is 2. The van der Waals surface area contributed by atoms with E-state index in [1.54, 1.807) is 22.0 Å². The van der Waals surface area contributed by atoms with Crippen molar-refractivity contribution in [3.63, 3.8) is 0 Å². The summed E-state index contributed by atoms with van der Waals surface area (Å²) >= 11 is 0. The third kappa shape index (κ3) is 5.25. The summed E-state index contributed by atoms with van der Waals surface area (Å²) in [5.41, 5.74) is -1.09. The quantitative estimate of drug-likeness (QED) is 0.209. The molecule has 3 aliphatic rings. The highest BCUT2D eigenvalue weighted by molar-refractivity contribution is 5.98. The van der Waals surface area contributed by atoms with Gasteiger partial charge in [-0.2, -0.15) is 0 Å². The Bertz CT molecular complexity index is 829. The van der Waals surface area contributed by atoms with Crippen molar-refractivity contribution in [1.29, 1.82) is 0 Å². The number of carbonyl (C=O) groups excluding carboxylic acids is 3. The monoisotopic (exact) mass is 504 g/mol. The maximum Gasteiger partial charge on any atom is 0.312 e. The smallest absolute Gasteiger partial charge is 0.312 e. The van der Waals surface area contributed by atoms with E-state index in [1.165, 1.54) is 0 Å². The molecule has 0 aliphatic carbocycles. The van der Waals surface area contributed by atoms with Gasteiger partial charge in [0.25, 0.3) is 0 Å². The predicted molar refractivity (Wildman–Crippen MR) is 137 cm³/mol. The molecule has 3 heterocycles. The fraction of sp³-hybridized carbons (Fsp3) is 0.750. The normalized spacial score (nSPS) is 29.4. The number of aliphatic hydroxyl groups excluding tert-OH is 1. The van der Waals surface area contributed by atoms with Gasteiger partial charge in [-0.25, -0.2) is 0 Å². The van der Waals surface area contributed by atoms with Crippen molar-refractivity contribution in [2.45, 2.75) is 89.5 Å². The van der Waals surface area contributed by atoms with Crippen molar-refractivity contribution >= 4 is 17.8 Å². The van der Waals surface area contributed by atoms with Crippen LogP contribution in [-0.4, -0.2) is 82.8 Å². The summed E-state index contributed by atoms with van der Waals surface area (Å²) in [5, 5.41) is 10.3. The number of carbonyl (C=O) groups is 3. The summed E-state index contributed by atoms with van der Waals surface area (Å²) in [4.78, 5) is 44.7. The molecule has 0 radical (unpaired) electrons. The van der Waals surface area contributed by atoms with Gasteiger partial charge in [0.2, 0.25) is 11.8 Å². The molecular formula is C28H44N2O6. The van der Waals surface area contributed by atoms with Crippen molar-refractivity contribution in [3.05, 3.63) is 25.3 Å². The first-order valence-corrected chi connectivity index (χ1v) is 13.5. The van der Waals surface area contributed by atoms with Crippen LogP contribution in [0.3, 0.4) is 0 Å². The van der Waals surface area contributed by atoms with Crippen LogP contribution in [0.25, 0.3) is 0 Å². The molecule has 36 heavy (non-hydrogen) atoms. The number of aliphatic hydroxyl groups is 1. The molecule has 0 saturated carbocycles. The molecule has 3 aliphatic heterocycles. The van der Waals surface area contributed by atoms with Crippen molar-refractivity contribution in [2.75, 3.05) is 26.3 Å². The lowest BCUT2D eigenvalue weighted by molar-refractivity contribution is -0.156. The Kier molecular flexibility index (Phi) is 9.75. The zero-order chi connectivity index (χ0) is 26.5. The standard InChI is InChI=1S/C28H44N2O6/c1-6-9-11-15-29(14-8-3)26(33)24-28-13-12-21(36-28)22(27(34)35-16-10-7-2)23(28)25(32)30(24)20(18-31)17-19(4)5/h7-8,19-24,31H,2-3,6,9-18H2,1,4-5H3/t20-,21-,22+,23+,24?,28?/m1/s1. The van der Waals surface area contributed by atoms with E-state index in [9.17, 15) is 19.5 Å². The molecule has 3 saturated heterocycles. The average Bonchev–Trinajstić information content (AvgIpc) is 3.49. The molecule has 3 fully saturated rings. The summed E-state index contributed by atoms with van der Waals surface area (Å²) in [6, 6.07) is -1.42. The van der Waals surface area contributed by atoms with E-state index >= 15 is 0 Å². The number of esters is 1. The Labute approximate surface area is 215 Å². The number of likely N-dealkylation sites (tertiary alicyclic amines) is 1. The number of amides is 2. The zero-order valence-corrected chi connectivity index (χ0v) is 22.2. The van der Waals surface area contributed by atoms with Gasteiger partial charge in [0.1, 0.15) is 11.6 Å². The Morgan fingerprint density at radius 2 is 2.06 bits per heavy atom. The molecule has 8 nitrogen and oxygen atoms in total. The van der Waals surface area contributed by atoms with Crippen LogP contribution in [0.1, 0.15) is 65.7 Å². The first-order chi connectivity index (χ1) is 17.3. The van der Waals surface area contributed by atoms with E-state index in [4.69, 9.17) is 9.47 Å². The van der Waals surface area contributed by atoms with Crippen LogP contribution in [0.2, 0.25) is 0 Å². The van der Waals surface area contributed by atoms with Crippen LogP contribution in [0.15, 0.2) is 25.3 Å². The summed E-state index contributed by atoms with van der Waals surface area (Å²) in [6.07, 6.45) is 7.98. The Hall–Kier alpha value is -2.19. The van der Waals surface area contributed by atoms with Crippen molar-refractivity contribution < 1.29 is 29.0 Å². The molecule has 202 valence electrons. The number of rotatable bonds is 15. The van der Waals surface area contributed by atoms with Gasteiger partial charge in [0.15, 0.2) is 0 Å². The van der Waals surface area contributed by atoms with Crippen LogP contribution in [0.4, 0.5) is 0 Å². The van der Waals surface area contributed by atoms with Gasteiger partial charge < -0.3 is 24.4 Å². The number of hydrogen-bond donors (Lipinski definition) is 1. The fourth-order valence-corrected chi connectivity index (χ4v) is 6.36. The molecule has 6 atom stereocenters. The van der Waals surface area contributed by atoms with Gasteiger partial charge in [-0.15, -0.1) is 13.2 Å². The first-order valence-electron chi connectivity index (χ1n) is 13.5. The number of fused-ring (bicyclic) bond motifs is 1. The van der Waals surface area contributed by atoms with Crippen LogP contribution in [0.5, 0.6) is 0 Å². The van der Waals surface area contributed by atoms with Gasteiger partial charge in [0, 0.05) is 13.1 Å². The predicted octanol–water partition coefficient (Wildman–Crippen LogP) is 3.09. The minimum absolute atomic E-state index is 0.189. The Morgan fingerprint density at radius 3 is 2.67 bits per heavy atom. The third-order valence-electron chi connectivity index (χ3n) is 7.85. The van der Waals surface area contributed by atoms with Crippen molar-refractivity contribution in [1.82, 2.24) is 9.80 Å². The third-order valence-corrected chi connectivity index (χ3v) is 7.85. The van der Waals surface area contributed by atoms with Crippen LogP contribution in [0, 0.1) is 17.8 Å². The van der Waals surface area contributed by atoms with Crippen molar-refractivity contribution in [2.24, 2.45) is 17.8 Å². The highest BCUT2D eigenvalue weighted by Gasteiger charge is 2.75. The lowest BCUT2D eigenvalue weighted by atomic mass is 9.70. The summed E-state index contributed by atoms with van der Waals surface area (Å²) < 4.78 is 12.0. The summed E-state index contributed by atoms with van der Waals surface area (Å²) in [7, 11) is 0. The highest BCUT2D eigenvalue weighted by atomic mass is 16.6. The second kappa shape index (κ2) is 12.4. The molecular weight excluding hydrogens is 460 g/mol. The largest absolute Gasteiger partial charge is 0.465 e. The van der Waals surface area contributed by atoms with E-state index in [2.05, 4.69) is 20.1 Å². The van der Waals surface area contributed by atoms with Gasteiger partial charge in [-0.05, 0) is 38.0 Å². The van der Waals surface area contributed by atoms with E-state index in [-0.39, 0.29) is 30.9 Å². The lowest BCUT2D eigenvalue weighted by Gasteiger charge is -2.39. The minimum Gasteiger partial charge on any atom is -0.465 e. The molecule has 2 bridgehead atoms. The number of hydrogen-bond acceptors (Lipinski definition) is 6. The molecule has 1 N–H and O–H groups in total. The maximum atomic E-state index is 14.2. The fourth-order valence-electron chi connectivity index (χ4n) is 6.36. The molecule has 2 amide bonds. The Balaban J connectivity index is 2.01. The molecule has 0 aromatic carbocycles. The SMILES string of the molecule is C=CCCOC(=O)[C@@H]1[C@H]2C(=O)N([C@@H](CO)CC(C)C)C(C(=O)N(CC=C)CCCCC)C23CC[C@H]1O3. The highest BCUT2D eigenvalue weighted by Crippen LogP contribution is 2.59. The molecule has 1 spiro atoms. The summed E-state index contributed by atoms with van der Waals surface area (Å²) in [5.74, 6) is -2.26. The van der Waals surface area contributed by atoms with Crippen LogP contribution >= 0.6 is 0 Å². The van der Waals surface area contributed by atoms with Crippen LogP contribution in [-0.2, 0) is 23.9 Å². The Morgan fingerprint density at radius 1 is 1.31 bits per heavy atom. The molecule has 0 aromatic heterocycles.